The van der Waals surface area contributed by atoms with Crippen molar-refractivity contribution in [1.82, 2.24) is 4.90 Å². The first-order valence-electron chi connectivity index (χ1n) is 11.3. The molecule has 2 heterocycles. The minimum atomic E-state index is -1.12. The van der Waals surface area contributed by atoms with E-state index in [9.17, 15) is 9.59 Å². The van der Waals surface area contributed by atoms with E-state index in [1.807, 2.05) is 85.5 Å². The van der Waals surface area contributed by atoms with Crippen molar-refractivity contribution >= 4 is 35.1 Å². The molecule has 0 bridgehead atoms. The molecule has 2 aliphatic rings. The summed E-state index contributed by atoms with van der Waals surface area (Å²) in [6.07, 6.45) is 0. The van der Waals surface area contributed by atoms with Gasteiger partial charge in [0.1, 0.15) is 5.75 Å². The smallest absolute Gasteiger partial charge is 0.323 e. The Labute approximate surface area is 203 Å². The number of amides is 3. The number of nitrogens with one attached hydrogen (secondary N) is 1. The second-order valence-corrected chi connectivity index (χ2v) is 9.93. The third kappa shape index (κ3) is 3.60. The number of hydrogen-bond donors (Lipinski definition) is 1. The number of urea groups is 1. The Balaban J connectivity index is 1.56. The summed E-state index contributed by atoms with van der Waals surface area (Å²) in [6, 6.07) is 21.2. The van der Waals surface area contributed by atoms with Crippen LogP contribution >= 0.6 is 11.8 Å². The summed E-state index contributed by atoms with van der Waals surface area (Å²) in [7, 11) is 1.61. The summed E-state index contributed by atoms with van der Waals surface area (Å²) in [5.41, 5.74) is 5.59. The Morgan fingerprint density at radius 2 is 1.91 bits per heavy atom. The van der Waals surface area contributed by atoms with E-state index >= 15 is 0 Å². The summed E-state index contributed by atoms with van der Waals surface area (Å²) < 4.78 is 5.50. The van der Waals surface area contributed by atoms with Crippen LogP contribution in [0.2, 0.25) is 0 Å². The lowest BCUT2D eigenvalue weighted by Crippen LogP contribution is -2.51. The molecule has 34 heavy (non-hydrogen) atoms. The lowest BCUT2D eigenvalue weighted by molar-refractivity contribution is -0.123. The molecule has 0 radical (unpaired) electrons. The minimum absolute atomic E-state index is 0.0964. The maximum absolute atomic E-state index is 14.2. The van der Waals surface area contributed by atoms with Gasteiger partial charge in [0.25, 0.3) is 5.91 Å². The molecule has 0 aliphatic carbocycles. The van der Waals surface area contributed by atoms with Crippen molar-refractivity contribution in [3.05, 3.63) is 89.0 Å². The summed E-state index contributed by atoms with van der Waals surface area (Å²) in [5.74, 6) is 1.23. The van der Waals surface area contributed by atoms with Crippen molar-refractivity contribution in [3.63, 3.8) is 0 Å². The van der Waals surface area contributed by atoms with E-state index in [2.05, 4.69) is 5.32 Å². The molecular weight excluding hydrogens is 446 g/mol. The highest BCUT2D eigenvalue weighted by Crippen LogP contribution is 2.55. The molecule has 6 nitrogen and oxygen atoms in total. The third-order valence-corrected chi connectivity index (χ3v) is 7.92. The number of thioether (sulfide) groups is 1. The highest BCUT2D eigenvalue weighted by Gasteiger charge is 2.59. The number of aryl methyl sites for hydroxylation is 2. The van der Waals surface area contributed by atoms with Crippen LogP contribution in [0.4, 0.5) is 16.2 Å². The number of fused-ring (bicyclic) bond motifs is 2. The van der Waals surface area contributed by atoms with Gasteiger partial charge in [-0.1, -0.05) is 36.4 Å². The fourth-order valence-electron chi connectivity index (χ4n) is 4.75. The van der Waals surface area contributed by atoms with Crippen LogP contribution in [0.5, 0.6) is 5.75 Å². The van der Waals surface area contributed by atoms with Gasteiger partial charge in [0.05, 0.1) is 19.3 Å². The minimum Gasteiger partial charge on any atom is -0.497 e. The fourth-order valence-corrected chi connectivity index (χ4v) is 6.20. The van der Waals surface area contributed by atoms with Crippen molar-refractivity contribution in [3.8, 4) is 5.75 Å². The zero-order valence-corrected chi connectivity index (χ0v) is 20.3. The Morgan fingerprint density at radius 3 is 2.68 bits per heavy atom. The van der Waals surface area contributed by atoms with E-state index in [0.717, 1.165) is 27.9 Å². The van der Waals surface area contributed by atoms with Gasteiger partial charge in [0.15, 0.2) is 4.87 Å². The molecule has 0 unspecified atom stereocenters. The van der Waals surface area contributed by atoms with Gasteiger partial charge in [-0.05, 0) is 60.9 Å². The number of benzene rings is 3. The molecule has 7 heteroatoms. The van der Waals surface area contributed by atoms with Gasteiger partial charge in [-0.2, -0.15) is 0 Å². The number of methoxy groups -OCH3 is 1. The Kier molecular flexibility index (Phi) is 5.73. The summed E-state index contributed by atoms with van der Waals surface area (Å²) in [6.45, 7) is 4.95. The molecule has 3 aromatic rings. The predicted octanol–water partition coefficient (Wildman–Crippen LogP) is 5.29. The molecule has 1 atom stereocenters. The highest BCUT2D eigenvalue weighted by atomic mass is 32.2. The first-order chi connectivity index (χ1) is 16.4. The lowest BCUT2D eigenvalue weighted by atomic mass is 10.1. The topological polar surface area (TPSA) is 61.9 Å². The van der Waals surface area contributed by atoms with Crippen molar-refractivity contribution in [1.29, 1.82) is 0 Å². The number of carbonyl (C=O) groups is 2. The lowest BCUT2D eigenvalue weighted by Gasteiger charge is -2.33. The average Bonchev–Trinajstić information content (AvgIpc) is 3.37. The quantitative estimate of drug-likeness (QED) is 0.559. The van der Waals surface area contributed by atoms with Gasteiger partial charge >= 0.3 is 6.03 Å². The second-order valence-electron chi connectivity index (χ2n) is 8.64. The first kappa shape index (κ1) is 22.3. The molecule has 3 amide bonds. The normalized spacial score (nSPS) is 19.0. The van der Waals surface area contributed by atoms with E-state index in [1.165, 1.54) is 11.8 Å². The third-order valence-electron chi connectivity index (χ3n) is 6.50. The maximum Gasteiger partial charge on any atom is 0.323 e. The van der Waals surface area contributed by atoms with Gasteiger partial charge in [0, 0.05) is 23.5 Å². The van der Waals surface area contributed by atoms with Crippen LogP contribution < -0.4 is 15.0 Å². The van der Waals surface area contributed by atoms with Crippen LogP contribution in [0, 0.1) is 13.8 Å². The molecule has 2 aliphatic heterocycles. The molecule has 1 saturated heterocycles. The molecule has 1 fully saturated rings. The van der Waals surface area contributed by atoms with Crippen molar-refractivity contribution in [2.45, 2.75) is 25.3 Å². The molecule has 174 valence electrons. The van der Waals surface area contributed by atoms with E-state index < -0.39 is 4.87 Å². The molecular formula is C27H27N3O3S. The number of nitrogens with zero attached hydrogens (tertiary/aromatic N) is 2. The fraction of sp³-hybridized carbons (Fsp3) is 0.259. The van der Waals surface area contributed by atoms with E-state index in [1.54, 1.807) is 12.0 Å². The zero-order valence-electron chi connectivity index (χ0n) is 19.5. The van der Waals surface area contributed by atoms with E-state index in [4.69, 9.17) is 4.74 Å². The van der Waals surface area contributed by atoms with Gasteiger partial charge < -0.3 is 15.0 Å². The van der Waals surface area contributed by atoms with Gasteiger partial charge in [-0.25, -0.2) is 4.79 Å². The van der Waals surface area contributed by atoms with Crippen LogP contribution in [0.15, 0.2) is 66.7 Å². The van der Waals surface area contributed by atoms with Gasteiger partial charge in [0.2, 0.25) is 0 Å². The second kappa shape index (κ2) is 8.72. The van der Waals surface area contributed by atoms with Crippen molar-refractivity contribution in [2.75, 3.05) is 29.6 Å². The Morgan fingerprint density at radius 1 is 1.09 bits per heavy atom. The number of ether oxygens (including phenoxy) is 1. The summed E-state index contributed by atoms with van der Waals surface area (Å²) in [5, 5.41) is 3.00. The van der Waals surface area contributed by atoms with Crippen molar-refractivity contribution < 1.29 is 14.3 Å². The first-order valence-corrected chi connectivity index (χ1v) is 12.3. The summed E-state index contributed by atoms with van der Waals surface area (Å²) in [4.78, 5) is 30.0. The van der Waals surface area contributed by atoms with Gasteiger partial charge in [-0.3, -0.25) is 9.69 Å². The van der Waals surface area contributed by atoms with Crippen LogP contribution in [0.3, 0.4) is 0 Å². The Hall–Kier alpha value is -3.45. The van der Waals surface area contributed by atoms with E-state index in [-0.39, 0.29) is 11.9 Å². The van der Waals surface area contributed by atoms with Crippen LogP contribution in [0.25, 0.3) is 0 Å². The number of anilines is 2. The summed E-state index contributed by atoms with van der Waals surface area (Å²) >= 11 is 1.51. The standard InChI is InChI=1S/C27H27N3O3S/c1-18-7-6-10-21(15-18)28-26(32)30-13-14-34-27(30)23-16-22(33-3)11-12-24(23)29(25(27)31)17-20-9-5-4-8-19(20)2/h4-12,15-16H,13-14,17H2,1-3H3,(H,28,32)/t27-/m1/s1. The average molecular weight is 474 g/mol. The van der Waals surface area contributed by atoms with Crippen LogP contribution in [0.1, 0.15) is 22.3 Å². The van der Waals surface area contributed by atoms with Crippen LogP contribution in [-0.4, -0.2) is 36.2 Å². The monoisotopic (exact) mass is 473 g/mol. The maximum atomic E-state index is 14.2. The van der Waals surface area contributed by atoms with Crippen LogP contribution in [-0.2, 0) is 16.2 Å². The predicted molar refractivity (Wildman–Crippen MR) is 136 cm³/mol. The molecule has 1 spiro atoms. The SMILES string of the molecule is COc1ccc2c(c1)[C@@]1(SCCN1C(=O)Nc1cccc(C)c1)C(=O)N2Cc1ccccc1C. The number of hydrogen-bond acceptors (Lipinski definition) is 4. The Bertz CT molecular complexity index is 1280. The van der Waals surface area contributed by atoms with Gasteiger partial charge in [-0.15, -0.1) is 11.8 Å². The molecule has 0 aromatic heterocycles. The van der Waals surface area contributed by atoms with Crippen molar-refractivity contribution in [2.24, 2.45) is 0 Å². The molecule has 3 aromatic carbocycles. The zero-order chi connectivity index (χ0) is 23.9. The molecule has 1 N–H and O–H groups in total. The number of carbonyl (C=O) groups excluding carboxylic acids is 2. The largest absolute Gasteiger partial charge is 0.497 e. The highest BCUT2D eigenvalue weighted by molar-refractivity contribution is 8.01. The van der Waals surface area contributed by atoms with E-state index in [0.29, 0.717) is 30.3 Å². The molecule has 0 saturated carbocycles. The molecule has 5 rings (SSSR count). The number of rotatable bonds is 4.